The van der Waals surface area contributed by atoms with Gasteiger partial charge >= 0.3 is 0 Å². The van der Waals surface area contributed by atoms with Crippen molar-refractivity contribution in [3.63, 3.8) is 0 Å². The quantitative estimate of drug-likeness (QED) is 0.775. The number of benzene rings is 1. The van der Waals surface area contributed by atoms with Gasteiger partial charge in [0.15, 0.2) is 11.5 Å². The molecule has 0 bridgehead atoms. The number of hydrogen-bond acceptors (Lipinski definition) is 3. The monoisotopic (exact) mass is 204 g/mol. The van der Waals surface area contributed by atoms with Gasteiger partial charge in [0.1, 0.15) is 11.3 Å². The van der Waals surface area contributed by atoms with E-state index in [1.807, 2.05) is 12.1 Å². The number of H-pyrrole nitrogens is 1. The third kappa shape index (κ3) is 1.17. The lowest BCUT2D eigenvalue weighted by Gasteiger charge is -1.95. The van der Waals surface area contributed by atoms with E-state index >= 15 is 0 Å². The van der Waals surface area contributed by atoms with Crippen LogP contribution in [0, 0.1) is 0 Å². The summed E-state index contributed by atoms with van der Waals surface area (Å²) in [5.74, 6) is 2.91. The van der Waals surface area contributed by atoms with E-state index in [0.717, 1.165) is 28.4 Å². The minimum atomic E-state index is 0.290. The molecule has 15 heavy (non-hydrogen) atoms. The number of fused-ring (bicyclic) bond motifs is 3. The molecule has 1 aliphatic heterocycles. The molecule has 2 heterocycles. The van der Waals surface area contributed by atoms with Crippen molar-refractivity contribution < 1.29 is 9.47 Å². The van der Waals surface area contributed by atoms with E-state index in [0.29, 0.717) is 5.92 Å². The number of nitrogens with one attached hydrogen (secondary N) is 1. The summed E-state index contributed by atoms with van der Waals surface area (Å²) >= 11 is 0. The van der Waals surface area contributed by atoms with Gasteiger partial charge in [-0.05, 0) is 12.1 Å². The maximum atomic E-state index is 5.40. The summed E-state index contributed by atoms with van der Waals surface area (Å²) in [6, 6.07) is 3.88. The zero-order valence-electron chi connectivity index (χ0n) is 8.70. The smallest absolute Gasteiger partial charge is 0.231 e. The standard InChI is InChI=1S/C11H12N2O2/c1-6(2)11-12-7-3-4-8-10(9(7)13-11)15-5-14-8/h3-4,6H,5H2,1-2H3,(H,12,13). The average Bonchev–Trinajstić information content (AvgIpc) is 2.82. The van der Waals surface area contributed by atoms with Crippen LogP contribution in [0.15, 0.2) is 12.1 Å². The summed E-state index contributed by atoms with van der Waals surface area (Å²) in [6.45, 7) is 4.50. The number of aromatic nitrogens is 2. The van der Waals surface area contributed by atoms with Crippen LogP contribution in [0.2, 0.25) is 0 Å². The van der Waals surface area contributed by atoms with Crippen molar-refractivity contribution in [1.29, 1.82) is 0 Å². The largest absolute Gasteiger partial charge is 0.454 e. The Bertz CT molecular complexity index is 517. The van der Waals surface area contributed by atoms with E-state index < -0.39 is 0 Å². The van der Waals surface area contributed by atoms with Crippen LogP contribution in [0.3, 0.4) is 0 Å². The Morgan fingerprint density at radius 3 is 3.00 bits per heavy atom. The number of ether oxygens (including phenoxy) is 2. The Hall–Kier alpha value is -1.71. The van der Waals surface area contributed by atoms with Crippen LogP contribution < -0.4 is 9.47 Å². The number of rotatable bonds is 1. The van der Waals surface area contributed by atoms with Gasteiger partial charge in [-0.15, -0.1) is 0 Å². The maximum absolute atomic E-state index is 5.40. The van der Waals surface area contributed by atoms with E-state index in [1.54, 1.807) is 0 Å². The second kappa shape index (κ2) is 2.89. The summed E-state index contributed by atoms with van der Waals surface area (Å²) in [5, 5.41) is 0. The number of nitrogens with zero attached hydrogens (tertiary/aromatic N) is 1. The molecule has 3 rings (SSSR count). The van der Waals surface area contributed by atoms with E-state index in [9.17, 15) is 0 Å². The molecule has 0 spiro atoms. The molecule has 4 nitrogen and oxygen atoms in total. The van der Waals surface area contributed by atoms with Crippen molar-refractivity contribution in [3.05, 3.63) is 18.0 Å². The summed E-state index contributed by atoms with van der Waals surface area (Å²) in [4.78, 5) is 7.80. The van der Waals surface area contributed by atoms with Crippen LogP contribution in [0.1, 0.15) is 25.6 Å². The van der Waals surface area contributed by atoms with Crippen LogP contribution in [-0.2, 0) is 0 Å². The van der Waals surface area contributed by atoms with E-state index in [-0.39, 0.29) is 6.79 Å². The Kier molecular flexibility index (Phi) is 1.65. The van der Waals surface area contributed by atoms with Gasteiger partial charge in [0.25, 0.3) is 0 Å². The van der Waals surface area contributed by atoms with Crippen molar-refractivity contribution in [1.82, 2.24) is 9.97 Å². The zero-order valence-corrected chi connectivity index (χ0v) is 8.70. The van der Waals surface area contributed by atoms with Gasteiger partial charge in [-0.3, -0.25) is 0 Å². The topological polar surface area (TPSA) is 47.1 Å². The minimum absolute atomic E-state index is 0.290. The van der Waals surface area contributed by atoms with Crippen LogP contribution in [-0.4, -0.2) is 16.8 Å². The van der Waals surface area contributed by atoms with Gasteiger partial charge in [0.05, 0.1) is 5.52 Å². The van der Waals surface area contributed by atoms with E-state index in [4.69, 9.17) is 9.47 Å². The maximum Gasteiger partial charge on any atom is 0.231 e. The first-order chi connectivity index (χ1) is 7.25. The van der Waals surface area contributed by atoms with Gasteiger partial charge in [-0.1, -0.05) is 13.8 Å². The first-order valence-electron chi connectivity index (χ1n) is 5.04. The predicted molar refractivity (Wildman–Crippen MR) is 56.3 cm³/mol. The predicted octanol–water partition coefficient (Wildman–Crippen LogP) is 2.42. The molecule has 1 aromatic carbocycles. The first-order valence-corrected chi connectivity index (χ1v) is 5.04. The second-order valence-electron chi connectivity index (χ2n) is 3.97. The molecule has 2 aromatic rings. The Balaban J connectivity index is 2.27. The van der Waals surface area contributed by atoms with Gasteiger partial charge in [0.2, 0.25) is 6.79 Å². The molecule has 0 fully saturated rings. The van der Waals surface area contributed by atoms with Gasteiger partial charge in [-0.2, -0.15) is 0 Å². The van der Waals surface area contributed by atoms with Gasteiger partial charge in [-0.25, -0.2) is 4.98 Å². The van der Waals surface area contributed by atoms with Crippen LogP contribution >= 0.6 is 0 Å². The molecule has 0 radical (unpaired) electrons. The van der Waals surface area contributed by atoms with Gasteiger partial charge in [0, 0.05) is 5.92 Å². The number of aromatic amines is 1. The van der Waals surface area contributed by atoms with Crippen molar-refractivity contribution in [2.45, 2.75) is 19.8 Å². The summed E-state index contributed by atoms with van der Waals surface area (Å²) in [6.07, 6.45) is 0. The lowest BCUT2D eigenvalue weighted by atomic mass is 10.2. The number of imidazole rings is 1. The molecule has 1 N–H and O–H groups in total. The highest BCUT2D eigenvalue weighted by molar-refractivity contribution is 5.85. The molecular weight excluding hydrogens is 192 g/mol. The molecular formula is C11H12N2O2. The number of hydrogen-bond donors (Lipinski definition) is 1. The fourth-order valence-electron chi connectivity index (χ4n) is 1.73. The van der Waals surface area contributed by atoms with E-state index in [2.05, 4.69) is 23.8 Å². The fourth-order valence-corrected chi connectivity index (χ4v) is 1.73. The van der Waals surface area contributed by atoms with Crippen molar-refractivity contribution in [2.75, 3.05) is 6.79 Å². The fraction of sp³-hybridized carbons (Fsp3) is 0.364. The summed E-state index contributed by atoms with van der Waals surface area (Å²) in [5.41, 5.74) is 1.87. The lowest BCUT2D eigenvalue weighted by Crippen LogP contribution is -1.93. The third-order valence-electron chi connectivity index (χ3n) is 2.55. The Labute approximate surface area is 87.2 Å². The third-order valence-corrected chi connectivity index (χ3v) is 2.55. The first kappa shape index (κ1) is 8.59. The molecule has 0 saturated carbocycles. The molecule has 0 amide bonds. The van der Waals surface area contributed by atoms with Crippen molar-refractivity contribution in [3.8, 4) is 11.5 Å². The van der Waals surface area contributed by atoms with Crippen LogP contribution in [0.4, 0.5) is 0 Å². The average molecular weight is 204 g/mol. The molecule has 1 aromatic heterocycles. The molecule has 0 unspecified atom stereocenters. The lowest BCUT2D eigenvalue weighted by molar-refractivity contribution is 0.174. The van der Waals surface area contributed by atoms with Crippen LogP contribution in [0.5, 0.6) is 11.5 Å². The van der Waals surface area contributed by atoms with Crippen molar-refractivity contribution in [2.24, 2.45) is 0 Å². The molecule has 0 aliphatic carbocycles. The SMILES string of the molecule is CC(C)c1nc2c3c(ccc2[nH]1)OCO3. The highest BCUT2D eigenvalue weighted by atomic mass is 16.7. The van der Waals surface area contributed by atoms with Crippen molar-refractivity contribution >= 4 is 11.0 Å². The van der Waals surface area contributed by atoms with E-state index in [1.165, 1.54) is 0 Å². The zero-order chi connectivity index (χ0) is 10.4. The minimum Gasteiger partial charge on any atom is -0.454 e. The Morgan fingerprint density at radius 2 is 2.20 bits per heavy atom. The summed E-state index contributed by atoms with van der Waals surface area (Å²) in [7, 11) is 0. The molecule has 78 valence electrons. The molecule has 0 saturated heterocycles. The second-order valence-corrected chi connectivity index (χ2v) is 3.97. The molecule has 1 aliphatic rings. The summed E-state index contributed by atoms with van der Waals surface area (Å²) < 4.78 is 10.7. The normalized spacial score (nSPS) is 14.1. The molecule has 4 heteroatoms. The van der Waals surface area contributed by atoms with Gasteiger partial charge < -0.3 is 14.5 Å². The highest BCUT2D eigenvalue weighted by Gasteiger charge is 2.19. The molecule has 0 atom stereocenters. The highest BCUT2D eigenvalue weighted by Crippen LogP contribution is 2.38. The van der Waals surface area contributed by atoms with Crippen LogP contribution in [0.25, 0.3) is 11.0 Å². The Morgan fingerprint density at radius 1 is 1.33 bits per heavy atom.